The van der Waals surface area contributed by atoms with Gasteiger partial charge in [-0.2, -0.15) is 0 Å². The lowest BCUT2D eigenvalue weighted by Gasteiger charge is -2.45. The van der Waals surface area contributed by atoms with Crippen molar-refractivity contribution in [2.24, 2.45) is 5.92 Å². The lowest BCUT2D eigenvalue weighted by Crippen LogP contribution is -2.68. The number of rotatable bonds is 17. The molecule has 0 aliphatic carbocycles. The fourth-order valence-electron chi connectivity index (χ4n) is 10.9. The molecule has 0 unspecified atom stereocenters. The van der Waals surface area contributed by atoms with Crippen LogP contribution in [0, 0.1) is 12.8 Å². The third kappa shape index (κ3) is 11.0. The Kier molecular flexibility index (Phi) is 15.9. The number of sulfone groups is 1. The summed E-state index contributed by atoms with van der Waals surface area (Å²) in [6, 6.07) is 40.9. The monoisotopic (exact) mass is 1060 g/mol. The summed E-state index contributed by atoms with van der Waals surface area (Å²) in [4.78, 5) is 69.4. The second-order valence-corrected chi connectivity index (χ2v) is 32.1. The van der Waals surface area contributed by atoms with Crippen molar-refractivity contribution in [2.45, 2.75) is 115 Å². The van der Waals surface area contributed by atoms with Crippen molar-refractivity contribution in [1.29, 1.82) is 0 Å². The highest BCUT2D eigenvalue weighted by molar-refractivity contribution is 7.91. The molecule has 0 spiro atoms. The Hall–Kier alpha value is -6.07. The molecule has 2 N–H and O–H groups in total. The summed E-state index contributed by atoms with van der Waals surface area (Å²) in [5, 5.41) is 2.96. The van der Waals surface area contributed by atoms with E-state index >= 15 is 8.42 Å². The van der Waals surface area contributed by atoms with Crippen LogP contribution in [0.1, 0.15) is 79.3 Å². The molecule has 2 saturated heterocycles. The van der Waals surface area contributed by atoms with Crippen molar-refractivity contribution >= 4 is 53.2 Å². The third-order valence-corrected chi connectivity index (χ3v) is 26.2. The van der Waals surface area contributed by atoms with Gasteiger partial charge in [-0.15, -0.1) is 0 Å². The number of carbonyl (C=O) groups is 1. The highest BCUT2D eigenvalue weighted by atomic mass is 32.2. The average Bonchev–Trinajstić information content (AvgIpc) is 3.90. The number of aryl methyl sites for hydroxylation is 1. The third-order valence-electron chi connectivity index (χ3n) is 14.3. The topological polar surface area (TPSA) is 207 Å². The molecule has 0 amide bonds. The molecule has 6 aromatic rings. The summed E-state index contributed by atoms with van der Waals surface area (Å²) in [5.74, 6) is -2.82. The zero-order chi connectivity index (χ0) is 53.2. The van der Waals surface area contributed by atoms with Gasteiger partial charge in [-0.05, 0) is 44.2 Å². The fourth-order valence-corrected chi connectivity index (χ4v) is 22.0. The van der Waals surface area contributed by atoms with Crippen molar-refractivity contribution in [3.05, 3.63) is 187 Å². The fraction of sp³-hybridized carbons (Fsp3) is 0.400. The molecule has 4 aromatic carbocycles. The first kappa shape index (κ1) is 54.2. The number of ether oxygens (including phenoxy) is 3. The lowest BCUT2D eigenvalue weighted by molar-refractivity contribution is -0.153. The van der Waals surface area contributed by atoms with Gasteiger partial charge in [0.25, 0.3) is 27.8 Å². The number of nitrogens with one attached hydrogen (secondary N) is 2. The molecule has 2 aliphatic heterocycles. The van der Waals surface area contributed by atoms with Gasteiger partial charge >= 0.3 is 17.3 Å². The van der Waals surface area contributed by atoms with Crippen LogP contribution in [0.5, 0.6) is 0 Å². The molecule has 0 radical (unpaired) electrons. The summed E-state index contributed by atoms with van der Waals surface area (Å²) >= 11 is 0. The van der Waals surface area contributed by atoms with Crippen LogP contribution in [-0.2, 0) is 37.7 Å². The first-order valence-corrected chi connectivity index (χ1v) is 30.5. The van der Waals surface area contributed by atoms with Gasteiger partial charge < -0.3 is 23.1 Å². The van der Waals surface area contributed by atoms with Gasteiger partial charge in [-0.1, -0.05) is 163 Å². The van der Waals surface area contributed by atoms with E-state index in [9.17, 15) is 24.0 Å². The van der Waals surface area contributed by atoms with E-state index in [1.807, 2.05) is 97.1 Å². The number of carbonyl (C=O) groups excluding carboxylic acids is 1. The standard InChI is InChI=1S/C55H66N4O12SSi2/c1-37-34-59(53(64)57-50(37)62)48-33-45(71-74(55(6,7)8,41-25-17-11-18-26-41)42-27-19-12-20-28-42)44(69-48)30-32-72(65,66)36-43-46(70-51(49(43)68-38(2)60)58-31-29-47(61)56-52(58)63)35-67-73(54(3,4)5,39-21-13-9-14-22-39)40-23-15-10-16-24-40/h9-29,31,34,43-46,48-49,51H,30,32-33,35-36H2,1-8H3,(H,56,61,63)(H,57,62,64)/t43-,44-,45+,46-,48-,49-,51-/m1/s1. The zero-order valence-electron chi connectivity index (χ0n) is 43.1. The van der Waals surface area contributed by atoms with Gasteiger partial charge in [0.2, 0.25) is 0 Å². The van der Waals surface area contributed by atoms with Gasteiger partial charge in [0.15, 0.2) is 22.2 Å². The van der Waals surface area contributed by atoms with Gasteiger partial charge in [-0.3, -0.25) is 33.5 Å². The Morgan fingerprint density at radius 1 is 0.689 bits per heavy atom. The molecule has 2 aliphatic rings. The summed E-state index contributed by atoms with van der Waals surface area (Å²) < 4.78 is 66.7. The molecule has 392 valence electrons. The lowest BCUT2D eigenvalue weighted by atomic mass is 10.0. The highest BCUT2D eigenvalue weighted by Gasteiger charge is 2.56. The zero-order valence-corrected chi connectivity index (χ0v) is 45.9. The molecule has 0 saturated carbocycles. The first-order valence-electron chi connectivity index (χ1n) is 24.9. The molecule has 2 fully saturated rings. The maximum Gasteiger partial charge on any atom is 0.330 e. The van der Waals surface area contributed by atoms with Crippen molar-refractivity contribution in [1.82, 2.24) is 19.1 Å². The molecular formula is C55H66N4O12SSi2. The van der Waals surface area contributed by atoms with Crippen LogP contribution in [-0.4, -0.2) is 92.7 Å². The van der Waals surface area contributed by atoms with Crippen LogP contribution < -0.4 is 43.2 Å². The molecule has 7 atom stereocenters. The minimum absolute atomic E-state index is 0.0728. The number of nitrogens with zero attached hydrogens (tertiary/aromatic N) is 2. The number of hydrogen-bond donors (Lipinski definition) is 2. The van der Waals surface area contributed by atoms with Gasteiger partial charge in [0.05, 0.1) is 36.4 Å². The van der Waals surface area contributed by atoms with Gasteiger partial charge in [0.1, 0.15) is 6.23 Å². The van der Waals surface area contributed by atoms with Crippen molar-refractivity contribution in [2.75, 3.05) is 18.1 Å². The molecule has 0 bridgehead atoms. The Balaban J connectivity index is 1.17. The number of H-pyrrole nitrogens is 2. The predicted octanol–water partition coefficient (Wildman–Crippen LogP) is 4.45. The van der Waals surface area contributed by atoms with Crippen LogP contribution in [0.15, 0.2) is 159 Å². The Bertz CT molecular complexity index is 3190. The Morgan fingerprint density at radius 2 is 1.19 bits per heavy atom. The minimum atomic E-state index is -4.17. The molecule has 19 heteroatoms. The van der Waals surface area contributed by atoms with E-state index in [0.29, 0.717) is 5.56 Å². The summed E-state index contributed by atoms with van der Waals surface area (Å²) in [7, 11) is -10.7. The van der Waals surface area contributed by atoms with E-state index in [1.54, 1.807) is 6.92 Å². The van der Waals surface area contributed by atoms with Gasteiger partial charge in [0, 0.05) is 43.3 Å². The van der Waals surface area contributed by atoms with E-state index in [1.165, 1.54) is 23.9 Å². The van der Waals surface area contributed by atoms with Crippen molar-refractivity contribution in [3.8, 4) is 0 Å². The molecular weight excluding hydrogens is 997 g/mol. The normalized spacial score (nSPS) is 21.6. The first-order chi connectivity index (χ1) is 35.0. The Morgan fingerprint density at radius 3 is 1.68 bits per heavy atom. The average molecular weight is 1060 g/mol. The van der Waals surface area contributed by atoms with E-state index in [0.717, 1.165) is 31.4 Å². The van der Waals surface area contributed by atoms with Crippen LogP contribution >= 0.6 is 0 Å². The van der Waals surface area contributed by atoms with Crippen LogP contribution in [0.4, 0.5) is 0 Å². The number of hydrogen-bond acceptors (Lipinski definition) is 12. The summed E-state index contributed by atoms with van der Waals surface area (Å²) in [5.41, 5.74) is -2.42. The van der Waals surface area contributed by atoms with Crippen LogP contribution in [0.2, 0.25) is 10.1 Å². The van der Waals surface area contributed by atoms with Gasteiger partial charge in [-0.25, -0.2) is 18.0 Å². The van der Waals surface area contributed by atoms with Crippen LogP contribution in [0.3, 0.4) is 0 Å². The maximum atomic E-state index is 15.0. The molecule has 4 heterocycles. The molecule has 8 rings (SSSR count). The largest absolute Gasteiger partial charge is 0.457 e. The second-order valence-electron chi connectivity index (χ2n) is 21.4. The predicted molar refractivity (Wildman–Crippen MR) is 288 cm³/mol. The number of aromatic amines is 2. The second kappa shape index (κ2) is 21.6. The smallest absolute Gasteiger partial charge is 0.330 e. The summed E-state index contributed by atoms with van der Waals surface area (Å²) in [6.45, 7) is 15.3. The van der Waals surface area contributed by atoms with Crippen LogP contribution in [0.25, 0.3) is 0 Å². The SMILES string of the molecule is CC(=O)O[C@@H]1[C@H](CS(=O)(=O)CC[C@H]2O[C@@H](n3cc(C)c(=O)[nH]c3=O)C[C@@H]2O[Si](c2ccccc2)(c2ccccc2)C(C)(C)C)[C@@H](CO[Si](c2ccccc2)(c2ccccc2)C(C)(C)C)O[C@H]1n1ccc(=O)[nH]c1=O. The number of aromatic nitrogens is 4. The Labute approximate surface area is 432 Å². The number of esters is 1. The van der Waals surface area contributed by atoms with E-state index in [4.69, 9.17) is 23.1 Å². The van der Waals surface area contributed by atoms with E-state index in [2.05, 4.69) is 75.8 Å². The maximum absolute atomic E-state index is 15.0. The minimum Gasteiger partial charge on any atom is -0.457 e. The van der Waals surface area contributed by atoms with E-state index < -0.39 is 119 Å². The molecule has 2 aromatic heterocycles. The number of benzene rings is 4. The quantitative estimate of drug-likeness (QED) is 0.0960. The van der Waals surface area contributed by atoms with Crippen molar-refractivity contribution in [3.63, 3.8) is 0 Å². The molecule has 74 heavy (non-hydrogen) atoms. The highest BCUT2D eigenvalue weighted by Crippen LogP contribution is 2.43. The summed E-state index contributed by atoms with van der Waals surface area (Å²) in [6.07, 6.45) is -3.52. The molecule has 16 nitrogen and oxygen atoms in total. The van der Waals surface area contributed by atoms with E-state index in [-0.39, 0.29) is 19.4 Å². The van der Waals surface area contributed by atoms with Crippen molar-refractivity contribution < 1.29 is 36.3 Å².